The molecule has 0 bridgehead atoms. The Bertz CT molecular complexity index is 273. The molecule has 84 valence electrons. The van der Waals surface area contributed by atoms with Crippen LogP contribution in [0.15, 0.2) is 30.3 Å². The largest absolute Gasteiger partial charge is 0.300 e. The van der Waals surface area contributed by atoms with Gasteiger partial charge in [0.15, 0.2) is 0 Å². The fourth-order valence-electron chi connectivity index (χ4n) is 0.838. The van der Waals surface area contributed by atoms with Gasteiger partial charge in [-0.2, -0.15) is 0 Å². The monoisotopic (exact) mass is 206 g/mol. The van der Waals surface area contributed by atoms with E-state index in [1.54, 1.807) is 6.92 Å². The molecule has 0 aliphatic carbocycles. The molecule has 1 aromatic rings. The van der Waals surface area contributed by atoms with Gasteiger partial charge in [0.1, 0.15) is 5.78 Å². The second-order valence-electron chi connectivity index (χ2n) is 4.33. The highest BCUT2D eigenvalue weighted by Crippen LogP contribution is 2.11. The summed E-state index contributed by atoms with van der Waals surface area (Å²) in [6.07, 6.45) is 0. The normalized spacial score (nSPS) is 9.80. The molecule has 0 aliphatic heterocycles. The molecule has 0 aliphatic rings. The van der Waals surface area contributed by atoms with Gasteiger partial charge in [0.2, 0.25) is 0 Å². The quantitative estimate of drug-likeness (QED) is 0.713. The average Bonchev–Trinajstić information content (AvgIpc) is 2.20. The van der Waals surface area contributed by atoms with Crippen molar-refractivity contribution in [1.82, 2.24) is 0 Å². The molecular formula is C14H22O. The SMILES string of the molecule is CC(=O)C(C)C.CC(C)c1ccccc1. The predicted molar refractivity (Wildman–Crippen MR) is 66.1 cm³/mol. The molecular weight excluding hydrogens is 184 g/mol. The van der Waals surface area contributed by atoms with E-state index in [2.05, 4.69) is 38.1 Å². The van der Waals surface area contributed by atoms with Gasteiger partial charge < -0.3 is 0 Å². The Morgan fingerprint density at radius 3 is 1.60 bits per heavy atom. The van der Waals surface area contributed by atoms with Crippen molar-refractivity contribution in [2.24, 2.45) is 5.92 Å². The van der Waals surface area contributed by atoms with Gasteiger partial charge in [-0.25, -0.2) is 0 Å². The van der Waals surface area contributed by atoms with E-state index in [1.807, 2.05) is 19.9 Å². The van der Waals surface area contributed by atoms with Crippen molar-refractivity contribution in [2.45, 2.75) is 40.5 Å². The van der Waals surface area contributed by atoms with E-state index < -0.39 is 0 Å². The number of Topliss-reactive ketones (excluding diaryl/α,β-unsaturated/α-hetero) is 1. The molecule has 0 heterocycles. The number of carbonyl (C=O) groups excluding carboxylic acids is 1. The summed E-state index contributed by atoms with van der Waals surface area (Å²) in [5, 5.41) is 0. The topological polar surface area (TPSA) is 17.1 Å². The molecule has 0 saturated heterocycles. The van der Waals surface area contributed by atoms with Crippen LogP contribution in [0.5, 0.6) is 0 Å². The Labute approximate surface area is 93.5 Å². The average molecular weight is 206 g/mol. The molecule has 0 unspecified atom stereocenters. The smallest absolute Gasteiger partial charge is 0.132 e. The van der Waals surface area contributed by atoms with Gasteiger partial charge in [0, 0.05) is 5.92 Å². The third-order valence-corrected chi connectivity index (χ3v) is 2.28. The molecule has 0 saturated carbocycles. The molecule has 0 aromatic heterocycles. The second kappa shape index (κ2) is 7.22. The number of ketones is 1. The summed E-state index contributed by atoms with van der Waals surface area (Å²) in [6, 6.07) is 10.5. The van der Waals surface area contributed by atoms with Crippen LogP contribution in [-0.4, -0.2) is 5.78 Å². The maximum absolute atomic E-state index is 10.1. The van der Waals surface area contributed by atoms with Crippen LogP contribution in [0.25, 0.3) is 0 Å². The first-order valence-corrected chi connectivity index (χ1v) is 5.50. The second-order valence-corrected chi connectivity index (χ2v) is 4.33. The van der Waals surface area contributed by atoms with Crippen molar-refractivity contribution in [3.63, 3.8) is 0 Å². The number of rotatable bonds is 2. The zero-order valence-corrected chi connectivity index (χ0v) is 10.4. The third-order valence-electron chi connectivity index (χ3n) is 2.28. The Balaban J connectivity index is 0.000000288. The first-order valence-electron chi connectivity index (χ1n) is 5.50. The van der Waals surface area contributed by atoms with Crippen molar-refractivity contribution in [3.8, 4) is 0 Å². The fraction of sp³-hybridized carbons (Fsp3) is 0.500. The Hall–Kier alpha value is -1.11. The van der Waals surface area contributed by atoms with E-state index in [0.29, 0.717) is 5.92 Å². The Kier molecular flexibility index (Phi) is 6.68. The molecule has 1 aromatic carbocycles. The van der Waals surface area contributed by atoms with Gasteiger partial charge in [0.25, 0.3) is 0 Å². The van der Waals surface area contributed by atoms with E-state index >= 15 is 0 Å². The van der Waals surface area contributed by atoms with E-state index in [1.165, 1.54) is 5.56 Å². The minimum Gasteiger partial charge on any atom is -0.300 e. The van der Waals surface area contributed by atoms with Crippen LogP contribution >= 0.6 is 0 Å². The molecule has 15 heavy (non-hydrogen) atoms. The molecule has 0 atom stereocenters. The highest BCUT2D eigenvalue weighted by molar-refractivity contribution is 5.77. The van der Waals surface area contributed by atoms with E-state index in [4.69, 9.17) is 0 Å². The van der Waals surface area contributed by atoms with Crippen LogP contribution in [0.3, 0.4) is 0 Å². The number of carbonyl (C=O) groups is 1. The minimum absolute atomic E-state index is 0.213. The summed E-state index contributed by atoms with van der Waals surface area (Å²) in [5.74, 6) is 1.13. The van der Waals surface area contributed by atoms with Gasteiger partial charge >= 0.3 is 0 Å². The summed E-state index contributed by atoms with van der Waals surface area (Å²) >= 11 is 0. The molecule has 0 spiro atoms. The molecule has 1 rings (SSSR count). The summed E-state index contributed by atoms with van der Waals surface area (Å²) in [4.78, 5) is 10.1. The van der Waals surface area contributed by atoms with Gasteiger partial charge in [-0.05, 0) is 18.4 Å². The van der Waals surface area contributed by atoms with Crippen molar-refractivity contribution in [3.05, 3.63) is 35.9 Å². The van der Waals surface area contributed by atoms with E-state index in [-0.39, 0.29) is 11.7 Å². The maximum Gasteiger partial charge on any atom is 0.132 e. The van der Waals surface area contributed by atoms with Crippen molar-refractivity contribution >= 4 is 5.78 Å². The molecule has 0 amide bonds. The fourth-order valence-corrected chi connectivity index (χ4v) is 0.838. The highest BCUT2D eigenvalue weighted by atomic mass is 16.1. The predicted octanol–water partition coefficient (Wildman–Crippen LogP) is 4.04. The lowest BCUT2D eigenvalue weighted by molar-refractivity contribution is -0.119. The van der Waals surface area contributed by atoms with Crippen LogP contribution in [0.4, 0.5) is 0 Å². The van der Waals surface area contributed by atoms with Gasteiger partial charge in [-0.15, -0.1) is 0 Å². The third kappa shape index (κ3) is 6.89. The van der Waals surface area contributed by atoms with Crippen LogP contribution in [0.2, 0.25) is 0 Å². The summed E-state index contributed by atoms with van der Waals surface area (Å²) < 4.78 is 0. The standard InChI is InChI=1S/C9H12.C5H10O/c1-8(2)9-6-4-3-5-7-9;1-4(2)5(3)6/h3-8H,1-2H3;4H,1-3H3. The highest BCUT2D eigenvalue weighted by Gasteiger charge is 1.95. The minimum atomic E-state index is 0.213. The van der Waals surface area contributed by atoms with Gasteiger partial charge in [-0.1, -0.05) is 58.0 Å². The Morgan fingerprint density at radius 2 is 1.40 bits per heavy atom. The molecule has 0 N–H and O–H groups in total. The van der Waals surface area contributed by atoms with Gasteiger partial charge in [0.05, 0.1) is 0 Å². The molecule has 1 nitrogen and oxygen atoms in total. The lowest BCUT2D eigenvalue weighted by Crippen LogP contribution is -1.98. The van der Waals surface area contributed by atoms with Crippen LogP contribution in [0, 0.1) is 5.92 Å². The van der Waals surface area contributed by atoms with E-state index in [0.717, 1.165) is 0 Å². The van der Waals surface area contributed by atoms with Crippen molar-refractivity contribution in [2.75, 3.05) is 0 Å². The number of hydrogen-bond donors (Lipinski definition) is 0. The lowest BCUT2D eigenvalue weighted by atomic mass is 10.0. The van der Waals surface area contributed by atoms with Crippen molar-refractivity contribution < 1.29 is 4.79 Å². The lowest BCUT2D eigenvalue weighted by Gasteiger charge is -2.01. The van der Waals surface area contributed by atoms with Crippen LogP contribution in [0.1, 0.15) is 46.1 Å². The molecule has 0 fully saturated rings. The Morgan fingerprint density at radius 1 is 1.00 bits per heavy atom. The van der Waals surface area contributed by atoms with Crippen LogP contribution in [-0.2, 0) is 4.79 Å². The number of benzene rings is 1. The first kappa shape index (κ1) is 13.9. The van der Waals surface area contributed by atoms with E-state index in [9.17, 15) is 4.79 Å². The van der Waals surface area contributed by atoms with Crippen LogP contribution < -0.4 is 0 Å². The molecule has 1 heteroatoms. The summed E-state index contributed by atoms with van der Waals surface area (Å²) in [5.41, 5.74) is 1.41. The zero-order chi connectivity index (χ0) is 11.8. The number of hydrogen-bond acceptors (Lipinski definition) is 1. The summed E-state index contributed by atoms with van der Waals surface area (Å²) in [7, 11) is 0. The maximum atomic E-state index is 10.1. The summed E-state index contributed by atoms with van der Waals surface area (Å²) in [6.45, 7) is 9.79. The zero-order valence-electron chi connectivity index (χ0n) is 10.4. The van der Waals surface area contributed by atoms with Crippen molar-refractivity contribution in [1.29, 1.82) is 0 Å². The molecule has 0 radical (unpaired) electrons. The van der Waals surface area contributed by atoms with Gasteiger partial charge in [-0.3, -0.25) is 4.79 Å². The first-order chi connectivity index (χ1) is 6.95.